The van der Waals surface area contributed by atoms with Crippen LogP contribution in [0, 0.1) is 0 Å². The molecule has 0 aromatic carbocycles. The molecule has 420 valence electrons. The van der Waals surface area contributed by atoms with Crippen LogP contribution in [0.2, 0.25) is 0 Å². The molecular formula is C66H120O6. The minimum absolute atomic E-state index is 0.0794. The second-order valence-corrected chi connectivity index (χ2v) is 21.4. The molecule has 0 aliphatic carbocycles. The molecular weight excluding hydrogens is 889 g/mol. The molecule has 0 saturated carbocycles. The molecule has 0 rings (SSSR count). The fourth-order valence-corrected chi connectivity index (χ4v) is 9.32. The maximum absolute atomic E-state index is 12.9. The third kappa shape index (κ3) is 58.3. The van der Waals surface area contributed by atoms with Crippen molar-refractivity contribution in [2.75, 3.05) is 13.2 Å². The standard InChI is InChI=1S/C66H120O6/c1-4-7-10-13-16-19-22-25-28-31-33-36-38-41-44-47-50-53-56-59-65(68)71-62-63(61-70-64(67)58-55-52-49-46-43-40-37-34-30-27-24-21-18-15-12-9-6-3)72-66(69)60-57-54-51-48-45-42-39-35-32-29-26-23-20-17-14-11-8-5-2/h23,26-27,29-30,32,35,39,63H,4-22,24-25,28,31,33-34,36-38,40-62H2,1-3H3/b26-23-,30-27-,32-29-,39-35-. The van der Waals surface area contributed by atoms with Crippen LogP contribution in [-0.2, 0) is 28.6 Å². The van der Waals surface area contributed by atoms with Crippen LogP contribution in [0.15, 0.2) is 48.6 Å². The predicted octanol–water partition coefficient (Wildman–Crippen LogP) is 21.4. The smallest absolute Gasteiger partial charge is 0.306 e. The van der Waals surface area contributed by atoms with E-state index in [1.807, 2.05) is 0 Å². The van der Waals surface area contributed by atoms with Crippen LogP contribution in [0.5, 0.6) is 0 Å². The lowest BCUT2D eigenvalue weighted by Gasteiger charge is -2.18. The summed E-state index contributed by atoms with van der Waals surface area (Å²) in [5, 5.41) is 0. The summed E-state index contributed by atoms with van der Waals surface area (Å²) in [5.74, 6) is -0.883. The summed E-state index contributed by atoms with van der Waals surface area (Å²) >= 11 is 0. The SMILES string of the molecule is CCCCCCC\C=C/C=C\C=C/CCCCCCCC(=O)OC(COC(=O)CCCCCCCCC/C=C\CCCCCCCC)COC(=O)CCCCCCCCCCCCCCCCCCCCC. The van der Waals surface area contributed by atoms with E-state index in [1.165, 1.54) is 218 Å². The molecule has 1 atom stereocenters. The highest BCUT2D eigenvalue weighted by molar-refractivity contribution is 5.71. The van der Waals surface area contributed by atoms with Crippen molar-refractivity contribution in [3.8, 4) is 0 Å². The number of allylic oxidation sites excluding steroid dienone is 8. The van der Waals surface area contributed by atoms with E-state index in [4.69, 9.17) is 14.2 Å². The molecule has 6 heteroatoms. The number of carbonyl (C=O) groups excluding carboxylic acids is 3. The summed E-state index contributed by atoms with van der Waals surface area (Å²) < 4.78 is 16.9. The van der Waals surface area contributed by atoms with Crippen molar-refractivity contribution in [1.82, 2.24) is 0 Å². The van der Waals surface area contributed by atoms with Gasteiger partial charge in [0.05, 0.1) is 0 Å². The minimum atomic E-state index is -0.784. The monoisotopic (exact) mass is 1010 g/mol. The van der Waals surface area contributed by atoms with Gasteiger partial charge < -0.3 is 14.2 Å². The van der Waals surface area contributed by atoms with E-state index in [-0.39, 0.29) is 31.1 Å². The molecule has 6 nitrogen and oxygen atoms in total. The minimum Gasteiger partial charge on any atom is -0.462 e. The molecule has 0 radical (unpaired) electrons. The molecule has 72 heavy (non-hydrogen) atoms. The molecule has 0 heterocycles. The lowest BCUT2D eigenvalue weighted by atomic mass is 10.0. The fourth-order valence-electron chi connectivity index (χ4n) is 9.32. The van der Waals surface area contributed by atoms with E-state index in [1.54, 1.807) is 0 Å². The van der Waals surface area contributed by atoms with Crippen molar-refractivity contribution in [1.29, 1.82) is 0 Å². The van der Waals surface area contributed by atoms with Gasteiger partial charge in [0, 0.05) is 19.3 Å². The maximum Gasteiger partial charge on any atom is 0.306 e. The number of esters is 3. The van der Waals surface area contributed by atoms with Crippen molar-refractivity contribution in [3.63, 3.8) is 0 Å². The largest absolute Gasteiger partial charge is 0.462 e. The Kier molecular flexibility index (Phi) is 58.7. The Balaban J connectivity index is 4.38. The first kappa shape index (κ1) is 69.4. The number of carbonyl (C=O) groups is 3. The van der Waals surface area contributed by atoms with Gasteiger partial charge in [0.25, 0.3) is 0 Å². The van der Waals surface area contributed by atoms with E-state index < -0.39 is 6.10 Å². The van der Waals surface area contributed by atoms with Gasteiger partial charge in [-0.3, -0.25) is 14.4 Å². The molecule has 1 unspecified atom stereocenters. The van der Waals surface area contributed by atoms with Gasteiger partial charge in [0.2, 0.25) is 0 Å². The van der Waals surface area contributed by atoms with Crippen molar-refractivity contribution >= 4 is 17.9 Å². The highest BCUT2D eigenvalue weighted by Gasteiger charge is 2.19. The molecule has 0 N–H and O–H groups in total. The van der Waals surface area contributed by atoms with E-state index in [0.717, 1.165) is 77.0 Å². The average Bonchev–Trinajstić information content (AvgIpc) is 3.38. The van der Waals surface area contributed by atoms with Crippen LogP contribution in [0.3, 0.4) is 0 Å². The molecule has 0 saturated heterocycles. The summed E-state index contributed by atoms with van der Waals surface area (Å²) in [6.45, 7) is 6.65. The lowest BCUT2D eigenvalue weighted by Crippen LogP contribution is -2.30. The number of rotatable bonds is 58. The zero-order chi connectivity index (χ0) is 52.2. The van der Waals surface area contributed by atoms with Crippen LogP contribution >= 0.6 is 0 Å². The zero-order valence-electron chi connectivity index (χ0n) is 48.2. The highest BCUT2D eigenvalue weighted by Crippen LogP contribution is 2.17. The maximum atomic E-state index is 12.9. The summed E-state index contributed by atoms with van der Waals surface area (Å²) in [4.78, 5) is 38.3. The average molecular weight is 1010 g/mol. The van der Waals surface area contributed by atoms with Gasteiger partial charge in [0.1, 0.15) is 13.2 Å². The van der Waals surface area contributed by atoms with Crippen molar-refractivity contribution in [2.24, 2.45) is 0 Å². The van der Waals surface area contributed by atoms with Gasteiger partial charge in [-0.25, -0.2) is 0 Å². The molecule has 0 aromatic heterocycles. The van der Waals surface area contributed by atoms with Gasteiger partial charge >= 0.3 is 17.9 Å². The van der Waals surface area contributed by atoms with Gasteiger partial charge in [-0.15, -0.1) is 0 Å². The van der Waals surface area contributed by atoms with E-state index in [2.05, 4.69) is 69.4 Å². The summed E-state index contributed by atoms with van der Waals surface area (Å²) in [6.07, 6.45) is 75.3. The Bertz CT molecular complexity index is 1250. The first-order valence-corrected chi connectivity index (χ1v) is 31.7. The van der Waals surface area contributed by atoms with Gasteiger partial charge in [-0.1, -0.05) is 294 Å². The molecule has 0 fully saturated rings. The molecule has 0 aromatic rings. The third-order valence-corrected chi connectivity index (χ3v) is 14.1. The Morgan fingerprint density at radius 1 is 0.278 bits per heavy atom. The molecule has 0 aliphatic heterocycles. The van der Waals surface area contributed by atoms with E-state index in [9.17, 15) is 14.4 Å². The quantitative estimate of drug-likeness (QED) is 0.0199. The Morgan fingerprint density at radius 3 is 0.806 bits per heavy atom. The topological polar surface area (TPSA) is 78.9 Å². The number of ether oxygens (including phenoxy) is 3. The second-order valence-electron chi connectivity index (χ2n) is 21.4. The van der Waals surface area contributed by atoms with Crippen LogP contribution in [-0.4, -0.2) is 37.2 Å². The summed E-state index contributed by atoms with van der Waals surface area (Å²) in [7, 11) is 0. The van der Waals surface area contributed by atoms with Crippen molar-refractivity contribution in [2.45, 2.75) is 341 Å². The lowest BCUT2D eigenvalue weighted by molar-refractivity contribution is -0.167. The van der Waals surface area contributed by atoms with Crippen molar-refractivity contribution in [3.05, 3.63) is 48.6 Å². The van der Waals surface area contributed by atoms with Crippen molar-refractivity contribution < 1.29 is 28.6 Å². The second kappa shape index (κ2) is 60.9. The van der Waals surface area contributed by atoms with Gasteiger partial charge in [0.15, 0.2) is 6.10 Å². The molecule has 0 aliphatic rings. The van der Waals surface area contributed by atoms with E-state index in [0.29, 0.717) is 19.3 Å². The van der Waals surface area contributed by atoms with Gasteiger partial charge in [-0.2, -0.15) is 0 Å². The highest BCUT2D eigenvalue weighted by atomic mass is 16.6. The van der Waals surface area contributed by atoms with Crippen LogP contribution in [0.25, 0.3) is 0 Å². The first-order chi connectivity index (χ1) is 35.5. The summed E-state index contributed by atoms with van der Waals surface area (Å²) in [6, 6.07) is 0. The molecule has 0 bridgehead atoms. The Hall–Kier alpha value is -2.63. The number of hydrogen-bond donors (Lipinski definition) is 0. The zero-order valence-corrected chi connectivity index (χ0v) is 48.2. The van der Waals surface area contributed by atoms with Crippen LogP contribution in [0.4, 0.5) is 0 Å². The summed E-state index contributed by atoms with van der Waals surface area (Å²) in [5.41, 5.74) is 0. The van der Waals surface area contributed by atoms with Gasteiger partial charge in [-0.05, 0) is 70.6 Å². The van der Waals surface area contributed by atoms with Crippen LogP contribution < -0.4 is 0 Å². The van der Waals surface area contributed by atoms with E-state index >= 15 is 0 Å². The number of unbranched alkanes of at least 4 members (excludes halogenated alkanes) is 41. The Morgan fingerprint density at radius 2 is 0.514 bits per heavy atom. The fraction of sp³-hybridized carbons (Fsp3) is 0.833. The predicted molar refractivity (Wildman–Crippen MR) is 312 cm³/mol. The molecule has 0 amide bonds. The first-order valence-electron chi connectivity index (χ1n) is 31.7. The molecule has 0 spiro atoms. The van der Waals surface area contributed by atoms with Crippen LogP contribution in [0.1, 0.15) is 335 Å². The number of hydrogen-bond acceptors (Lipinski definition) is 6. The Labute approximate surface area is 448 Å². The third-order valence-electron chi connectivity index (χ3n) is 14.1. The normalized spacial score (nSPS) is 12.3.